The molecule has 0 bridgehead atoms. The molecule has 0 amide bonds. The first-order valence-electron chi connectivity index (χ1n) is 8.47. The quantitative estimate of drug-likeness (QED) is 0.352. The number of nitrogens with zero attached hydrogens (tertiary/aromatic N) is 1. The number of fused-ring (bicyclic) bond motifs is 7. The van der Waals surface area contributed by atoms with Crippen LogP contribution in [0.4, 0.5) is 0 Å². The van der Waals surface area contributed by atoms with Crippen molar-refractivity contribution in [1.82, 2.24) is 4.57 Å². The Kier molecular flexibility index (Phi) is 2.64. The van der Waals surface area contributed by atoms with Crippen LogP contribution in [0.2, 0.25) is 0 Å². The van der Waals surface area contributed by atoms with Gasteiger partial charge in [0.25, 0.3) is 0 Å². The smallest absolute Gasteiger partial charge is 0.145 e. The first kappa shape index (κ1) is 13.7. The highest BCUT2D eigenvalue weighted by atomic mass is 16.3. The van der Waals surface area contributed by atoms with Crippen molar-refractivity contribution in [1.29, 1.82) is 0 Å². The molecule has 0 spiro atoms. The second-order valence-corrected chi connectivity index (χ2v) is 6.92. The lowest BCUT2D eigenvalue weighted by Crippen LogP contribution is -1.85. The standard InChI is InChI=1S/C22H19NO/c1-13(2)14-8-9-15-16-10-11-19-21(22(16)24-20(15)12-14)17-6-4-5-7-18(17)23(19)3/h4-13H,1-3H3. The zero-order chi connectivity index (χ0) is 16.4. The summed E-state index contributed by atoms with van der Waals surface area (Å²) in [5.41, 5.74) is 5.75. The molecule has 0 saturated carbocycles. The van der Waals surface area contributed by atoms with Crippen LogP contribution in [-0.2, 0) is 7.05 Å². The van der Waals surface area contributed by atoms with Gasteiger partial charge < -0.3 is 8.98 Å². The van der Waals surface area contributed by atoms with E-state index in [4.69, 9.17) is 4.42 Å². The summed E-state index contributed by atoms with van der Waals surface area (Å²) in [5.74, 6) is 0.500. The molecular formula is C22H19NO. The minimum atomic E-state index is 0.500. The number of para-hydroxylation sites is 1. The van der Waals surface area contributed by atoms with Crippen molar-refractivity contribution in [3.05, 3.63) is 60.2 Å². The molecule has 0 fully saturated rings. The Labute approximate surface area is 140 Å². The average molecular weight is 313 g/mol. The van der Waals surface area contributed by atoms with Gasteiger partial charge >= 0.3 is 0 Å². The van der Waals surface area contributed by atoms with Crippen LogP contribution < -0.4 is 0 Å². The fourth-order valence-electron chi connectivity index (χ4n) is 3.85. The topological polar surface area (TPSA) is 18.1 Å². The third kappa shape index (κ3) is 1.66. The molecule has 0 radical (unpaired) electrons. The second kappa shape index (κ2) is 4.64. The van der Waals surface area contributed by atoms with Crippen LogP contribution in [0.25, 0.3) is 43.7 Å². The van der Waals surface area contributed by atoms with Crippen molar-refractivity contribution in [2.24, 2.45) is 7.05 Å². The summed E-state index contributed by atoms with van der Waals surface area (Å²) in [6.45, 7) is 4.43. The number of hydrogen-bond donors (Lipinski definition) is 0. The molecule has 0 atom stereocenters. The molecule has 5 rings (SSSR count). The van der Waals surface area contributed by atoms with E-state index in [0.717, 1.165) is 11.2 Å². The second-order valence-electron chi connectivity index (χ2n) is 6.92. The van der Waals surface area contributed by atoms with Gasteiger partial charge in [-0.15, -0.1) is 0 Å². The van der Waals surface area contributed by atoms with Crippen LogP contribution in [0.15, 0.2) is 59.0 Å². The third-order valence-electron chi connectivity index (χ3n) is 5.21. The van der Waals surface area contributed by atoms with Gasteiger partial charge in [0.15, 0.2) is 0 Å². The molecule has 0 unspecified atom stereocenters. The van der Waals surface area contributed by atoms with E-state index in [1.54, 1.807) is 0 Å². The molecule has 0 N–H and O–H groups in total. The lowest BCUT2D eigenvalue weighted by molar-refractivity contribution is 0.671. The maximum absolute atomic E-state index is 6.36. The molecule has 5 aromatic rings. The van der Waals surface area contributed by atoms with Gasteiger partial charge in [0.1, 0.15) is 11.2 Å². The van der Waals surface area contributed by atoms with Gasteiger partial charge in [0.05, 0.1) is 10.9 Å². The molecule has 0 aliphatic rings. The van der Waals surface area contributed by atoms with E-state index in [1.165, 1.54) is 38.1 Å². The van der Waals surface area contributed by atoms with Crippen molar-refractivity contribution in [2.75, 3.05) is 0 Å². The average Bonchev–Trinajstić information content (AvgIpc) is 3.10. The van der Waals surface area contributed by atoms with Crippen LogP contribution in [0, 0.1) is 0 Å². The molecule has 0 aliphatic carbocycles. The number of hydrogen-bond acceptors (Lipinski definition) is 1. The summed E-state index contributed by atoms with van der Waals surface area (Å²) in [5, 5.41) is 4.87. The fraction of sp³-hybridized carbons (Fsp3) is 0.182. The summed E-state index contributed by atoms with van der Waals surface area (Å²) in [6, 6.07) is 19.6. The minimum absolute atomic E-state index is 0.500. The van der Waals surface area contributed by atoms with E-state index >= 15 is 0 Å². The molecule has 0 aliphatic heterocycles. The zero-order valence-corrected chi connectivity index (χ0v) is 14.1. The van der Waals surface area contributed by atoms with Crippen molar-refractivity contribution in [3.63, 3.8) is 0 Å². The van der Waals surface area contributed by atoms with Gasteiger partial charge in [-0.2, -0.15) is 0 Å². The Bertz CT molecular complexity index is 1240. The maximum Gasteiger partial charge on any atom is 0.145 e. The maximum atomic E-state index is 6.36. The molecule has 24 heavy (non-hydrogen) atoms. The highest BCUT2D eigenvalue weighted by Crippen LogP contribution is 2.39. The predicted molar refractivity (Wildman–Crippen MR) is 102 cm³/mol. The molecular weight excluding hydrogens is 294 g/mol. The lowest BCUT2D eigenvalue weighted by Gasteiger charge is -2.03. The normalized spacial score (nSPS) is 12.3. The minimum Gasteiger partial charge on any atom is -0.455 e. The van der Waals surface area contributed by atoms with E-state index in [9.17, 15) is 0 Å². The van der Waals surface area contributed by atoms with E-state index in [0.29, 0.717) is 5.92 Å². The van der Waals surface area contributed by atoms with Crippen LogP contribution in [0.3, 0.4) is 0 Å². The molecule has 3 aromatic carbocycles. The Hall–Kier alpha value is -2.74. The first-order chi connectivity index (χ1) is 11.6. The van der Waals surface area contributed by atoms with E-state index < -0.39 is 0 Å². The first-order valence-corrected chi connectivity index (χ1v) is 8.47. The Balaban J connectivity index is 2.00. The summed E-state index contributed by atoms with van der Waals surface area (Å²) in [7, 11) is 2.12. The highest BCUT2D eigenvalue weighted by Gasteiger charge is 2.16. The van der Waals surface area contributed by atoms with Crippen molar-refractivity contribution in [2.45, 2.75) is 19.8 Å². The molecule has 118 valence electrons. The fourth-order valence-corrected chi connectivity index (χ4v) is 3.85. The summed E-state index contributed by atoms with van der Waals surface area (Å²) >= 11 is 0. The number of benzene rings is 3. The summed E-state index contributed by atoms with van der Waals surface area (Å²) in [6.07, 6.45) is 0. The van der Waals surface area contributed by atoms with Gasteiger partial charge in [0.2, 0.25) is 0 Å². The Morgan fingerprint density at radius 2 is 1.62 bits per heavy atom. The molecule has 0 saturated heterocycles. The number of furan rings is 1. The van der Waals surface area contributed by atoms with Crippen LogP contribution >= 0.6 is 0 Å². The third-order valence-corrected chi connectivity index (χ3v) is 5.21. The van der Waals surface area contributed by atoms with Gasteiger partial charge in [-0.05, 0) is 35.7 Å². The van der Waals surface area contributed by atoms with Crippen LogP contribution in [0.1, 0.15) is 25.3 Å². The van der Waals surface area contributed by atoms with Gasteiger partial charge in [-0.25, -0.2) is 0 Å². The summed E-state index contributed by atoms with van der Waals surface area (Å²) < 4.78 is 8.61. The zero-order valence-electron chi connectivity index (χ0n) is 14.1. The van der Waals surface area contributed by atoms with E-state index in [1.807, 2.05) is 0 Å². The monoisotopic (exact) mass is 313 g/mol. The highest BCUT2D eigenvalue weighted by molar-refractivity contribution is 6.23. The van der Waals surface area contributed by atoms with Crippen molar-refractivity contribution < 1.29 is 4.42 Å². The van der Waals surface area contributed by atoms with Gasteiger partial charge in [-0.3, -0.25) is 0 Å². The lowest BCUT2D eigenvalue weighted by atomic mass is 10.0. The van der Waals surface area contributed by atoms with Crippen LogP contribution in [-0.4, -0.2) is 4.57 Å². The summed E-state index contributed by atoms with van der Waals surface area (Å²) in [4.78, 5) is 0. The van der Waals surface area contributed by atoms with E-state index in [2.05, 4.69) is 80.1 Å². The molecule has 2 heteroatoms. The van der Waals surface area contributed by atoms with Crippen molar-refractivity contribution >= 4 is 43.7 Å². The molecule has 2 aromatic heterocycles. The van der Waals surface area contributed by atoms with E-state index in [-0.39, 0.29) is 0 Å². The van der Waals surface area contributed by atoms with Crippen LogP contribution in [0.5, 0.6) is 0 Å². The molecule has 2 heterocycles. The SMILES string of the molecule is CC(C)c1ccc2c(c1)oc1c2ccc2c1c1ccccc1n2C. The molecule has 2 nitrogen and oxygen atoms in total. The van der Waals surface area contributed by atoms with Crippen molar-refractivity contribution in [3.8, 4) is 0 Å². The largest absolute Gasteiger partial charge is 0.455 e. The Morgan fingerprint density at radius 1 is 0.833 bits per heavy atom. The predicted octanol–water partition coefficient (Wildman–Crippen LogP) is 6.35. The number of rotatable bonds is 1. The van der Waals surface area contributed by atoms with Gasteiger partial charge in [0, 0.05) is 28.7 Å². The Morgan fingerprint density at radius 3 is 2.46 bits per heavy atom. The number of aromatic nitrogens is 1. The van der Waals surface area contributed by atoms with Gasteiger partial charge in [-0.1, -0.05) is 44.2 Å². The number of aryl methyl sites for hydroxylation is 1.